The summed E-state index contributed by atoms with van der Waals surface area (Å²) in [5, 5.41) is 3.35. The summed E-state index contributed by atoms with van der Waals surface area (Å²) >= 11 is 12.1. The number of nitrogens with zero attached hydrogens (tertiary/aromatic N) is 1. The van der Waals surface area contributed by atoms with Gasteiger partial charge in [0.25, 0.3) is 0 Å². The number of halogens is 2. The van der Waals surface area contributed by atoms with Gasteiger partial charge in [-0.1, -0.05) is 59.6 Å². The molecule has 1 N–H and O–H groups in total. The van der Waals surface area contributed by atoms with Crippen LogP contribution in [-0.2, 0) is 15.0 Å². The molecule has 0 atom stereocenters. The SMILES string of the molecule is CN(CC(=O)Nc1c(Cl)cccc1Cl)C(=O)C(C)(C)c1ccccc1. The number of rotatable bonds is 5. The highest BCUT2D eigenvalue weighted by atomic mass is 35.5. The van der Waals surface area contributed by atoms with Crippen LogP contribution in [0.5, 0.6) is 0 Å². The molecule has 0 spiro atoms. The molecule has 2 amide bonds. The van der Waals surface area contributed by atoms with Crippen LogP contribution < -0.4 is 5.32 Å². The van der Waals surface area contributed by atoms with Crippen LogP contribution in [0.15, 0.2) is 48.5 Å². The van der Waals surface area contributed by atoms with E-state index in [1.54, 1.807) is 25.2 Å². The molecule has 0 aliphatic carbocycles. The molecule has 0 heterocycles. The van der Waals surface area contributed by atoms with Gasteiger partial charge in [-0.3, -0.25) is 9.59 Å². The summed E-state index contributed by atoms with van der Waals surface area (Å²) in [6.45, 7) is 3.57. The van der Waals surface area contributed by atoms with Gasteiger partial charge in [0.05, 0.1) is 27.7 Å². The molecule has 6 heteroatoms. The third-order valence-electron chi connectivity index (χ3n) is 3.98. The van der Waals surface area contributed by atoms with Crippen molar-refractivity contribution < 1.29 is 9.59 Å². The number of anilines is 1. The number of para-hydroxylation sites is 1. The van der Waals surface area contributed by atoms with Crippen molar-refractivity contribution in [3.63, 3.8) is 0 Å². The van der Waals surface area contributed by atoms with E-state index in [0.29, 0.717) is 15.7 Å². The predicted octanol–water partition coefficient (Wildman–Crippen LogP) is 4.37. The Labute approximate surface area is 157 Å². The highest BCUT2D eigenvalue weighted by Gasteiger charge is 2.32. The van der Waals surface area contributed by atoms with Gasteiger partial charge in [-0.05, 0) is 31.5 Å². The van der Waals surface area contributed by atoms with Gasteiger partial charge >= 0.3 is 0 Å². The topological polar surface area (TPSA) is 49.4 Å². The van der Waals surface area contributed by atoms with Crippen LogP contribution in [0.4, 0.5) is 5.69 Å². The normalized spacial score (nSPS) is 11.1. The van der Waals surface area contributed by atoms with E-state index in [1.807, 2.05) is 44.2 Å². The minimum Gasteiger partial charge on any atom is -0.336 e. The highest BCUT2D eigenvalue weighted by Crippen LogP contribution is 2.30. The smallest absolute Gasteiger partial charge is 0.244 e. The van der Waals surface area contributed by atoms with Gasteiger partial charge in [0, 0.05) is 7.05 Å². The summed E-state index contributed by atoms with van der Waals surface area (Å²) in [4.78, 5) is 26.4. The molecule has 0 bridgehead atoms. The lowest BCUT2D eigenvalue weighted by Crippen LogP contribution is -2.44. The average Bonchev–Trinajstić information content (AvgIpc) is 2.58. The monoisotopic (exact) mass is 378 g/mol. The van der Waals surface area contributed by atoms with Crippen LogP contribution >= 0.6 is 23.2 Å². The number of benzene rings is 2. The lowest BCUT2D eigenvalue weighted by molar-refractivity contribution is -0.137. The number of nitrogens with one attached hydrogen (secondary N) is 1. The molecule has 2 aromatic carbocycles. The van der Waals surface area contributed by atoms with Crippen molar-refractivity contribution in [3.8, 4) is 0 Å². The van der Waals surface area contributed by atoms with Crippen molar-refractivity contribution in [1.29, 1.82) is 0 Å². The van der Waals surface area contributed by atoms with Gasteiger partial charge in [0.2, 0.25) is 11.8 Å². The summed E-state index contributed by atoms with van der Waals surface area (Å²) in [6.07, 6.45) is 0. The molecular weight excluding hydrogens is 359 g/mol. The second-order valence-corrected chi connectivity index (χ2v) is 7.11. The first kappa shape index (κ1) is 19.3. The molecule has 0 saturated heterocycles. The van der Waals surface area contributed by atoms with Crippen LogP contribution in [0.1, 0.15) is 19.4 Å². The molecule has 0 aromatic heterocycles. The van der Waals surface area contributed by atoms with Crippen LogP contribution in [0.25, 0.3) is 0 Å². The fourth-order valence-corrected chi connectivity index (χ4v) is 3.03. The van der Waals surface area contributed by atoms with Crippen molar-refractivity contribution in [2.24, 2.45) is 0 Å². The fraction of sp³-hybridized carbons (Fsp3) is 0.263. The number of likely N-dealkylation sites (N-methyl/N-ethyl adjacent to an activating group) is 1. The number of carbonyl (C=O) groups excluding carboxylic acids is 2. The Hall–Kier alpha value is -2.04. The lowest BCUT2D eigenvalue weighted by Gasteiger charge is -2.29. The van der Waals surface area contributed by atoms with E-state index in [1.165, 1.54) is 4.90 Å². The number of carbonyl (C=O) groups is 2. The first-order valence-corrected chi connectivity index (χ1v) is 8.54. The summed E-state index contributed by atoms with van der Waals surface area (Å²) in [6, 6.07) is 14.4. The largest absolute Gasteiger partial charge is 0.336 e. The Bertz CT molecular complexity index is 756. The molecule has 132 valence electrons. The standard InChI is InChI=1S/C19H20Cl2N2O2/c1-19(2,13-8-5-4-6-9-13)18(25)23(3)12-16(24)22-17-14(20)10-7-11-15(17)21/h4-11H,12H2,1-3H3,(H,22,24). The Kier molecular flexibility index (Phi) is 6.09. The summed E-state index contributed by atoms with van der Waals surface area (Å²) in [5.41, 5.74) is 0.499. The van der Waals surface area contributed by atoms with E-state index in [2.05, 4.69) is 5.32 Å². The molecule has 25 heavy (non-hydrogen) atoms. The van der Waals surface area contributed by atoms with Crippen LogP contribution in [0.3, 0.4) is 0 Å². The lowest BCUT2D eigenvalue weighted by atomic mass is 9.83. The molecular formula is C19H20Cl2N2O2. The van der Waals surface area contributed by atoms with Crippen LogP contribution in [-0.4, -0.2) is 30.3 Å². The maximum Gasteiger partial charge on any atom is 0.244 e. The third kappa shape index (κ3) is 4.53. The summed E-state index contributed by atoms with van der Waals surface area (Å²) in [7, 11) is 1.60. The molecule has 2 aromatic rings. The predicted molar refractivity (Wildman–Crippen MR) is 102 cm³/mol. The molecule has 0 aliphatic rings. The average molecular weight is 379 g/mol. The zero-order valence-electron chi connectivity index (χ0n) is 14.3. The van der Waals surface area contributed by atoms with Crippen molar-refractivity contribution in [2.45, 2.75) is 19.3 Å². The first-order valence-electron chi connectivity index (χ1n) is 7.78. The Morgan fingerprint density at radius 1 is 1.00 bits per heavy atom. The van der Waals surface area contributed by atoms with Gasteiger partial charge < -0.3 is 10.2 Å². The first-order chi connectivity index (χ1) is 11.7. The van der Waals surface area contributed by atoms with Crippen LogP contribution in [0, 0.1) is 0 Å². The number of hydrogen-bond acceptors (Lipinski definition) is 2. The van der Waals surface area contributed by atoms with Gasteiger partial charge in [0.15, 0.2) is 0 Å². The minimum atomic E-state index is -0.738. The van der Waals surface area contributed by atoms with Crippen molar-refractivity contribution in [3.05, 3.63) is 64.1 Å². The zero-order valence-corrected chi connectivity index (χ0v) is 15.9. The fourth-order valence-electron chi connectivity index (χ4n) is 2.54. The van der Waals surface area contributed by atoms with Gasteiger partial charge in [-0.15, -0.1) is 0 Å². The highest BCUT2D eigenvalue weighted by molar-refractivity contribution is 6.39. The second kappa shape index (κ2) is 7.89. The van der Waals surface area contributed by atoms with E-state index < -0.39 is 5.41 Å². The Balaban J connectivity index is 2.07. The number of amides is 2. The molecule has 0 saturated carbocycles. The Morgan fingerprint density at radius 3 is 2.12 bits per heavy atom. The second-order valence-electron chi connectivity index (χ2n) is 6.30. The van der Waals surface area contributed by atoms with Crippen molar-refractivity contribution >= 4 is 40.7 Å². The molecule has 0 unspecified atom stereocenters. The van der Waals surface area contributed by atoms with Gasteiger partial charge in [-0.2, -0.15) is 0 Å². The summed E-state index contributed by atoms with van der Waals surface area (Å²) < 4.78 is 0. The van der Waals surface area contributed by atoms with E-state index in [9.17, 15) is 9.59 Å². The van der Waals surface area contributed by atoms with Crippen molar-refractivity contribution in [2.75, 3.05) is 18.9 Å². The maximum absolute atomic E-state index is 12.8. The van der Waals surface area contributed by atoms with E-state index in [0.717, 1.165) is 5.56 Å². The molecule has 0 radical (unpaired) electrons. The molecule has 2 rings (SSSR count). The summed E-state index contributed by atoms with van der Waals surface area (Å²) in [5.74, 6) is -0.520. The molecule has 0 aliphatic heterocycles. The minimum absolute atomic E-state index is 0.101. The van der Waals surface area contributed by atoms with Crippen molar-refractivity contribution in [1.82, 2.24) is 4.90 Å². The number of hydrogen-bond donors (Lipinski definition) is 1. The zero-order chi connectivity index (χ0) is 18.6. The Morgan fingerprint density at radius 2 is 1.56 bits per heavy atom. The van der Waals surface area contributed by atoms with E-state index >= 15 is 0 Å². The van der Waals surface area contributed by atoms with E-state index in [-0.39, 0.29) is 18.4 Å². The van der Waals surface area contributed by atoms with Gasteiger partial charge in [-0.25, -0.2) is 0 Å². The van der Waals surface area contributed by atoms with Crippen LogP contribution in [0.2, 0.25) is 10.0 Å². The molecule has 4 nitrogen and oxygen atoms in total. The quantitative estimate of drug-likeness (QED) is 0.839. The third-order valence-corrected chi connectivity index (χ3v) is 4.61. The van der Waals surface area contributed by atoms with Gasteiger partial charge in [0.1, 0.15) is 0 Å². The maximum atomic E-state index is 12.8. The van der Waals surface area contributed by atoms with E-state index in [4.69, 9.17) is 23.2 Å². The molecule has 0 fully saturated rings.